The molecule has 0 aliphatic heterocycles. The number of pyridine rings is 3. The van der Waals surface area contributed by atoms with Gasteiger partial charge < -0.3 is 5.73 Å². The Morgan fingerprint density at radius 1 is 0.643 bits per heavy atom. The van der Waals surface area contributed by atoms with Crippen LogP contribution in [0.3, 0.4) is 0 Å². The van der Waals surface area contributed by atoms with Crippen LogP contribution in [0.5, 0.6) is 0 Å². The monoisotopic (exact) mass is 540 g/mol. The van der Waals surface area contributed by atoms with Gasteiger partial charge in [-0.15, -0.1) is 0 Å². The topological polar surface area (TPSA) is 64.7 Å². The highest BCUT2D eigenvalue weighted by Crippen LogP contribution is 2.38. The van der Waals surface area contributed by atoms with E-state index >= 15 is 0 Å². The molecule has 4 nitrogen and oxygen atoms in total. The summed E-state index contributed by atoms with van der Waals surface area (Å²) < 4.78 is 0. The summed E-state index contributed by atoms with van der Waals surface area (Å²) in [6.45, 7) is 2.00. The molecule has 4 heteroatoms. The van der Waals surface area contributed by atoms with Gasteiger partial charge in [-0.2, -0.15) is 0 Å². The molecule has 0 bridgehead atoms. The van der Waals surface area contributed by atoms with Crippen molar-refractivity contribution in [1.82, 2.24) is 15.0 Å². The minimum Gasteiger partial charge on any atom is -0.405 e. The Balaban J connectivity index is 1.46. The molecule has 42 heavy (non-hydrogen) atoms. The first-order valence-corrected chi connectivity index (χ1v) is 14.0. The van der Waals surface area contributed by atoms with Crippen LogP contribution in [0, 0.1) is 0 Å². The van der Waals surface area contributed by atoms with Crippen LogP contribution in [0.1, 0.15) is 12.6 Å². The van der Waals surface area contributed by atoms with Crippen LogP contribution in [0.25, 0.3) is 71.7 Å². The number of nitrogens with two attached hydrogens (primary N) is 1. The van der Waals surface area contributed by atoms with E-state index in [4.69, 9.17) is 15.7 Å². The first-order chi connectivity index (χ1) is 20.7. The van der Waals surface area contributed by atoms with E-state index in [1.165, 1.54) is 16.2 Å². The summed E-state index contributed by atoms with van der Waals surface area (Å²) in [4.78, 5) is 14.4. The van der Waals surface area contributed by atoms with Crippen molar-refractivity contribution in [3.05, 3.63) is 146 Å². The highest BCUT2D eigenvalue weighted by atomic mass is 14.7. The molecule has 2 N–H and O–H groups in total. The zero-order valence-corrected chi connectivity index (χ0v) is 23.2. The van der Waals surface area contributed by atoms with E-state index in [-0.39, 0.29) is 0 Å². The zero-order chi connectivity index (χ0) is 28.5. The summed E-state index contributed by atoms with van der Waals surface area (Å²) in [5, 5.41) is 5.99. The summed E-state index contributed by atoms with van der Waals surface area (Å²) in [5.74, 6) is 0. The van der Waals surface area contributed by atoms with Crippen LogP contribution in [0.4, 0.5) is 0 Å². The molecular weight excluding hydrogens is 512 g/mol. The summed E-state index contributed by atoms with van der Waals surface area (Å²) in [5.41, 5.74) is 14.6. The largest absolute Gasteiger partial charge is 0.405 e. The Kier molecular flexibility index (Phi) is 6.49. The van der Waals surface area contributed by atoms with Crippen molar-refractivity contribution in [2.45, 2.75) is 6.92 Å². The quantitative estimate of drug-likeness (QED) is 0.175. The third-order valence-corrected chi connectivity index (χ3v) is 7.74. The van der Waals surface area contributed by atoms with Gasteiger partial charge in [-0.05, 0) is 83.1 Å². The summed E-state index contributed by atoms with van der Waals surface area (Å²) in [6, 6.07) is 38.3. The molecule has 0 fully saturated rings. The maximum Gasteiger partial charge on any atom is 0.0788 e. The van der Waals surface area contributed by atoms with E-state index in [0.717, 1.165) is 61.2 Å². The number of para-hydroxylation sites is 1. The fraction of sp³-hybridized carbons (Fsp3) is 0.0263. The third kappa shape index (κ3) is 4.49. The molecule has 7 aromatic rings. The van der Waals surface area contributed by atoms with E-state index in [0.29, 0.717) is 0 Å². The van der Waals surface area contributed by atoms with Gasteiger partial charge in [-0.3, -0.25) is 4.98 Å². The number of hydrogen-bond donors (Lipinski definition) is 1. The molecule has 0 unspecified atom stereocenters. The number of hydrogen-bond acceptors (Lipinski definition) is 4. The summed E-state index contributed by atoms with van der Waals surface area (Å²) in [6.07, 6.45) is 9.05. The lowest BCUT2D eigenvalue weighted by Gasteiger charge is -2.14. The molecule has 200 valence electrons. The van der Waals surface area contributed by atoms with Crippen molar-refractivity contribution in [1.29, 1.82) is 0 Å². The maximum atomic E-state index is 5.78. The lowest BCUT2D eigenvalue weighted by atomic mass is 9.93. The van der Waals surface area contributed by atoms with E-state index in [9.17, 15) is 0 Å². The average Bonchev–Trinajstić information content (AvgIpc) is 3.06. The lowest BCUT2D eigenvalue weighted by Crippen LogP contribution is -1.95. The molecule has 3 aromatic heterocycles. The molecule has 0 amide bonds. The highest BCUT2D eigenvalue weighted by molar-refractivity contribution is 6.22. The van der Waals surface area contributed by atoms with Crippen LogP contribution in [-0.2, 0) is 0 Å². The summed E-state index contributed by atoms with van der Waals surface area (Å²) in [7, 11) is 0. The number of benzene rings is 4. The molecule has 4 aromatic carbocycles. The normalized spacial score (nSPS) is 12.1. The van der Waals surface area contributed by atoms with Gasteiger partial charge in [0.25, 0.3) is 0 Å². The predicted octanol–water partition coefficient (Wildman–Crippen LogP) is 9.21. The second-order valence-electron chi connectivity index (χ2n) is 10.2. The van der Waals surface area contributed by atoms with Gasteiger partial charge in [-0.25, -0.2) is 9.97 Å². The Hall–Kier alpha value is -5.61. The first-order valence-electron chi connectivity index (χ1n) is 14.0. The molecule has 0 radical (unpaired) electrons. The molecule has 0 saturated heterocycles. The van der Waals surface area contributed by atoms with Crippen LogP contribution in [-0.4, -0.2) is 15.0 Å². The van der Waals surface area contributed by atoms with Gasteiger partial charge in [0.05, 0.1) is 22.6 Å². The van der Waals surface area contributed by atoms with E-state index < -0.39 is 0 Å². The van der Waals surface area contributed by atoms with Gasteiger partial charge in [0.1, 0.15) is 0 Å². The minimum atomic E-state index is 0.856. The van der Waals surface area contributed by atoms with E-state index in [1.807, 2.05) is 31.2 Å². The Bertz CT molecular complexity index is 2150. The van der Waals surface area contributed by atoms with Crippen molar-refractivity contribution >= 4 is 38.0 Å². The van der Waals surface area contributed by atoms with Crippen molar-refractivity contribution < 1.29 is 0 Å². The predicted molar refractivity (Wildman–Crippen MR) is 176 cm³/mol. The van der Waals surface area contributed by atoms with Crippen LogP contribution in [0.2, 0.25) is 0 Å². The van der Waals surface area contributed by atoms with Crippen LogP contribution in [0.15, 0.2) is 140 Å². The van der Waals surface area contributed by atoms with Crippen molar-refractivity contribution in [2.24, 2.45) is 5.73 Å². The van der Waals surface area contributed by atoms with Gasteiger partial charge in [0, 0.05) is 39.7 Å². The third-order valence-electron chi connectivity index (χ3n) is 7.74. The molecule has 0 spiro atoms. The SMILES string of the molecule is C/C=C(\C=C/N)c1cc(-c2cccc(-c3nc4ccccc4c4c3ccc3ccccc34)c2)cc(-c2ccncc2)n1. The molecule has 0 atom stereocenters. The standard InChI is InChI=1S/C38H28N4/c1-2-25(16-19-39)35-23-30(24-36(41-35)27-17-20-40-21-18-27)28-9-7-10-29(22-28)38-33-15-14-26-8-3-4-11-31(26)37(33)32-12-5-6-13-34(32)42-38/h2-24H,39H2,1H3/b19-16-,25-2+. The zero-order valence-electron chi connectivity index (χ0n) is 23.2. The number of fused-ring (bicyclic) bond motifs is 5. The van der Waals surface area contributed by atoms with E-state index in [1.54, 1.807) is 18.6 Å². The number of rotatable bonds is 5. The number of aromatic nitrogens is 3. The Morgan fingerprint density at radius 3 is 2.26 bits per heavy atom. The van der Waals surface area contributed by atoms with Crippen LogP contribution >= 0.6 is 0 Å². The van der Waals surface area contributed by atoms with Gasteiger partial charge >= 0.3 is 0 Å². The van der Waals surface area contributed by atoms with Crippen molar-refractivity contribution in [3.8, 4) is 33.6 Å². The Morgan fingerprint density at radius 2 is 1.43 bits per heavy atom. The molecule has 0 saturated carbocycles. The lowest BCUT2D eigenvalue weighted by molar-refractivity contribution is 1.26. The second kappa shape index (κ2) is 10.8. The van der Waals surface area contributed by atoms with Gasteiger partial charge in [0.15, 0.2) is 0 Å². The molecule has 0 aliphatic rings. The maximum absolute atomic E-state index is 5.78. The average molecular weight is 541 g/mol. The van der Waals surface area contributed by atoms with Crippen LogP contribution < -0.4 is 5.73 Å². The molecule has 0 aliphatic carbocycles. The smallest absolute Gasteiger partial charge is 0.0788 e. The Labute approximate surface area is 244 Å². The van der Waals surface area contributed by atoms with Gasteiger partial charge in [-0.1, -0.05) is 78.9 Å². The molecule has 3 heterocycles. The van der Waals surface area contributed by atoms with Crippen molar-refractivity contribution in [2.75, 3.05) is 0 Å². The highest BCUT2D eigenvalue weighted by Gasteiger charge is 2.15. The minimum absolute atomic E-state index is 0.856. The fourth-order valence-corrected chi connectivity index (χ4v) is 5.74. The number of allylic oxidation sites excluding steroid dienone is 3. The van der Waals surface area contributed by atoms with Gasteiger partial charge in [0.2, 0.25) is 0 Å². The fourth-order valence-electron chi connectivity index (χ4n) is 5.74. The number of nitrogens with zero attached hydrogens (tertiary/aromatic N) is 3. The van der Waals surface area contributed by atoms with E-state index in [2.05, 4.69) is 102 Å². The summed E-state index contributed by atoms with van der Waals surface area (Å²) >= 11 is 0. The second-order valence-corrected chi connectivity index (χ2v) is 10.2. The molecule has 7 rings (SSSR count). The van der Waals surface area contributed by atoms with Crippen molar-refractivity contribution in [3.63, 3.8) is 0 Å². The molecular formula is C38H28N4. The first kappa shape index (κ1) is 25.4.